The van der Waals surface area contributed by atoms with Gasteiger partial charge in [-0.3, -0.25) is 9.48 Å². The predicted molar refractivity (Wildman–Crippen MR) is 110 cm³/mol. The third-order valence-corrected chi connectivity index (χ3v) is 5.52. The number of aromatic nitrogens is 2. The van der Waals surface area contributed by atoms with Crippen LogP contribution in [0.4, 0.5) is 0 Å². The van der Waals surface area contributed by atoms with Crippen LogP contribution in [-0.2, 0) is 16.2 Å². The van der Waals surface area contributed by atoms with Gasteiger partial charge in [0.25, 0.3) is 5.91 Å². The lowest BCUT2D eigenvalue weighted by atomic mass is 9.96. The molecule has 2 heterocycles. The topological polar surface area (TPSA) is 68.5 Å². The van der Waals surface area contributed by atoms with Crippen molar-refractivity contribution >= 4 is 11.6 Å². The van der Waals surface area contributed by atoms with Crippen LogP contribution in [0.25, 0.3) is 0 Å². The minimum absolute atomic E-state index is 0.0873. The molecule has 0 saturated carbocycles. The van der Waals surface area contributed by atoms with Crippen LogP contribution in [0.3, 0.4) is 0 Å². The molecule has 1 aliphatic heterocycles. The summed E-state index contributed by atoms with van der Waals surface area (Å²) in [6.07, 6.45) is 2.94. The van der Waals surface area contributed by atoms with Crippen LogP contribution >= 0.6 is 0 Å². The number of amides is 1. The molecule has 6 nitrogen and oxygen atoms in total. The lowest BCUT2D eigenvalue weighted by Gasteiger charge is -2.17. The average molecular weight is 383 g/mol. The number of nitrogens with zero attached hydrogens (tertiary/aromatic N) is 3. The van der Waals surface area contributed by atoms with Gasteiger partial charge >= 0.3 is 0 Å². The molecule has 3 atom stereocenters. The summed E-state index contributed by atoms with van der Waals surface area (Å²) in [4.78, 5) is 18.1. The first-order valence-corrected chi connectivity index (χ1v) is 10.1. The zero-order valence-electron chi connectivity index (χ0n) is 17.4. The molecule has 1 aromatic carbocycles. The Bertz CT molecular complexity index is 854. The number of nitrogens with one attached hydrogen (secondary N) is 1. The van der Waals surface area contributed by atoms with Crippen molar-refractivity contribution in [2.45, 2.75) is 72.1 Å². The number of rotatable bonds is 7. The summed E-state index contributed by atoms with van der Waals surface area (Å²) in [6, 6.07) is 8.38. The Morgan fingerprint density at radius 2 is 1.93 bits per heavy atom. The molecular formula is C22H30N4O2. The third-order valence-electron chi connectivity index (χ3n) is 5.52. The van der Waals surface area contributed by atoms with Crippen LogP contribution in [0.5, 0.6) is 0 Å². The molecule has 0 saturated heterocycles. The first kappa shape index (κ1) is 20.1. The molecule has 1 amide bonds. The van der Waals surface area contributed by atoms with Crippen LogP contribution in [0.15, 0.2) is 35.6 Å². The standard InChI is InChI=1S/C22H30N4O2/c1-6-14(3)17-8-10-18(11-9-17)15(4)23-22(27)21-12-20(25-28-21)19-13-26(7-2)24-16(19)5/h8-11,13-15,21H,6-7,12H2,1-5H3,(H,23,27). The number of oxime groups is 1. The maximum atomic E-state index is 12.6. The molecule has 1 aliphatic rings. The van der Waals surface area contributed by atoms with Gasteiger partial charge in [-0.05, 0) is 44.2 Å². The lowest BCUT2D eigenvalue weighted by molar-refractivity contribution is -0.131. The van der Waals surface area contributed by atoms with E-state index in [1.54, 1.807) is 0 Å². The zero-order valence-corrected chi connectivity index (χ0v) is 17.4. The first-order chi connectivity index (χ1) is 13.4. The minimum Gasteiger partial charge on any atom is -0.382 e. The highest BCUT2D eigenvalue weighted by molar-refractivity contribution is 6.04. The molecule has 1 aromatic heterocycles. The Morgan fingerprint density at radius 1 is 1.25 bits per heavy atom. The van der Waals surface area contributed by atoms with Crippen molar-refractivity contribution in [3.8, 4) is 0 Å². The van der Waals surface area contributed by atoms with Crippen LogP contribution in [0.2, 0.25) is 0 Å². The number of hydrogen-bond donors (Lipinski definition) is 1. The zero-order chi connectivity index (χ0) is 20.3. The van der Waals surface area contributed by atoms with Gasteiger partial charge in [0.15, 0.2) is 0 Å². The Hall–Kier alpha value is -2.63. The van der Waals surface area contributed by atoms with Crippen molar-refractivity contribution in [2.75, 3.05) is 0 Å². The average Bonchev–Trinajstić information content (AvgIpc) is 3.33. The largest absolute Gasteiger partial charge is 0.382 e. The summed E-state index contributed by atoms with van der Waals surface area (Å²) in [5.74, 6) is 0.403. The number of aryl methyl sites for hydroxylation is 2. The fourth-order valence-electron chi connectivity index (χ4n) is 3.38. The molecule has 2 aromatic rings. The highest BCUT2D eigenvalue weighted by atomic mass is 16.6. The smallest absolute Gasteiger partial charge is 0.264 e. The number of carbonyl (C=O) groups is 1. The Balaban J connectivity index is 1.59. The molecular weight excluding hydrogens is 352 g/mol. The summed E-state index contributed by atoms with van der Waals surface area (Å²) in [6.45, 7) is 11.2. The second-order valence-corrected chi connectivity index (χ2v) is 7.53. The summed E-state index contributed by atoms with van der Waals surface area (Å²) >= 11 is 0. The highest BCUT2D eigenvalue weighted by Gasteiger charge is 2.31. The van der Waals surface area contributed by atoms with E-state index in [2.05, 4.69) is 53.7 Å². The van der Waals surface area contributed by atoms with Crippen LogP contribution in [0.1, 0.15) is 74.9 Å². The number of carbonyl (C=O) groups excluding carboxylic acids is 1. The summed E-state index contributed by atoms with van der Waals surface area (Å²) < 4.78 is 1.87. The molecule has 28 heavy (non-hydrogen) atoms. The molecule has 1 N–H and O–H groups in total. The summed E-state index contributed by atoms with van der Waals surface area (Å²) in [7, 11) is 0. The molecule has 6 heteroatoms. The predicted octanol–water partition coefficient (Wildman–Crippen LogP) is 4.10. The minimum atomic E-state index is -0.596. The summed E-state index contributed by atoms with van der Waals surface area (Å²) in [5.41, 5.74) is 5.04. The van der Waals surface area contributed by atoms with Crippen molar-refractivity contribution in [1.82, 2.24) is 15.1 Å². The van der Waals surface area contributed by atoms with Gasteiger partial charge < -0.3 is 10.2 Å². The highest BCUT2D eigenvalue weighted by Crippen LogP contribution is 2.23. The Labute approximate surface area is 167 Å². The second kappa shape index (κ2) is 8.59. The van der Waals surface area contributed by atoms with Gasteiger partial charge in [0.1, 0.15) is 0 Å². The van der Waals surface area contributed by atoms with E-state index in [0.29, 0.717) is 12.3 Å². The van der Waals surface area contributed by atoms with Crippen LogP contribution < -0.4 is 5.32 Å². The van der Waals surface area contributed by atoms with Gasteiger partial charge in [0, 0.05) is 24.7 Å². The molecule has 0 fully saturated rings. The molecule has 3 unspecified atom stereocenters. The summed E-state index contributed by atoms with van der Waals surface area (Å²) in [5, 5.41) is 11.6. The van der Waals surface area contributed by atoms with Crippen molar-refractivity contribution in [2.24, 2.45) is 5.16 Å². The molecule has 150 valence electrons. The van der Waals surface area contributed by atoms with E-state index in [-0.39, 0.29) is 11.9 Å². The lowest BCUT2D eigenvalue weighted by Crippen LogP contribution is -2.36. The van der Waals surface area contributed by atoms with Crippen LogP contribution in [-0.4, -0.2) is 27.5 Å². The van der Waals surface area contributed by atoms with E-state index < -0.39 is 6.10 Å². The fraction of sp³-hybridized carbons (Fsp3) is 0.500. The maximum absolute atomic E-state index is 12.6. The van der Waals surface area contributed by atoms with Crippen LogP contribution in [0, 0.1) is 6.92 Å². The maximum Gasteiger partial charge on any atom is 0.264 e. The molecule has 0 spiro atoms. The van der Waals surface area contributed by atoms with Gasteiger partial charge in [-0.25, -0.2) is 0 Å². The van der Waals surface area contributed by atoms with E-state index in [9.17, 15) is 4.79 Å². The third kappa shape index (κ3) is 4.26. The van der Waals surface area contributed by atoms with Crippen molar-refractivity contribution in [1.29, 1.82) is 0 Å². The Morgan fingerprint density at radius 3 is 2.54 bits per heavy atom. The van der Waals surface area contributed by atoms with E-state index in [1.165, 1.54) is 5.56 Å². The van der Waals surface area contributed by atoms with Gasteiger partial charge in [-0.1, -0.05) is 43.3 Å². The molecule has 0 aliphatic carbocycles. The molecule has 3 rings (SSSR count). The fourth-order valence-corrected chi connectivity index (χ4v) is 3.38. The van der Waals surface area contributed by atoms with Gasteiger partial charge in [0.05, 0.1) is 17.4 Å². The first-order valence-electron chi connectivity index (χ1n) is 10.1. The van der Waals surface area contributed by atoms with Crippen molar-refractivity contribution in [3.63, 3.8) is 0 Å². The Kier molecular flexibility index (Phi) is 6.17. The van der Waals surface area contributed by atoms with E-state index in [0.717, 1.165) is 35.5 Å². The second-order valence-electron chi connectivity index (χ2n) is 7.53. The van der Waals surface area contributed by atoms with Gasteiger partial charge in [0.2, 0.25) is 6.10 Å². The van der Waals surface area contributed by atoms with E-state index in [1.807, 2.05) is 31.6 Å². The van der Waals surface area contributed by atoms with Gasteiger partial charge in [-0.15, -0.1) is 0 Å². The number of benzene rings is 1. The SMILES string of the molecule is CCC(C)c1ccc(C(C)NC(=O)C2CC(c3cn(CC)nc3C)=NO2)cc1. The van der Waals surface area contributed by atoms with E-state index >= 15 is 0 Å². The van der Waals surface area contributed by atoms with Crippen molar-refractivity contribution < 1.29 is 9.63 Å². The molecule has 0 bridgehead atoms. The van der Waals surface area contributed by atoms with Crippen molar-refractivity contribution in [3.05, 3.63) is 52.8 Å². The number of hydrogen-bond acceptors (Lipinski definition) is 4. The quantitative estimate of drug-likeness (QED) is 0.784. The normalized spacial score (nSPS) is 18.3. The molecule has 0 radical (unpaired) electrons. The van der Waals surface area contributed by atoms with Gasteiger partial charge in [-0.2, -0.15) is 5.10 Å². The monoisotopic (exact) mass is 382 g/mol. The van der Waals surface area contributed by atoms with E-state index in [4.69, 9.17) is 4.84 Å².